The van der Waals surface area contributed by atoms with Crippen LogP contribution < -0.4 is 0 Å². The van der Waals surface area contributed by atoms with Crippen molar-refractivity contribution in [2.24, 2.45) is 0 Å². The van der Waals surface area contributed by atoms with Crippen LogP contribution in [0.15, 0.2) is 36.9 Å². The van der Waals surface area contributed by atoms with Gasteiger partial charge >= 0.3 is 0 Å². The fourth-order valence-corrected chi connectivity index (χ4v) is 2.72. The van der Waals surface area contributed by atoms with Gasteiger partial charge in [0, 0.05) is 0 Å². The third kappa shape index (κ3) is 2.53. The van der Waals surface area contributed by atoms with Gasteiger partial charge in [-0.3, -0.25) is 0 Å². The first-order valence-electron chi connectivity index (χ1n) is 6.18. The first-order chi connectivity index (χ1) is 7.81. The standard InChI is InChI=1S/C15H20O/c1-2-6-14(16)11-13-9-5-8-12-7-3-4-10-15(12)13/h2-4,7,10,13-14,16H,1,5-6,8-9,11H2. The SMILES string of the molecule is C=CCC(O)CC1CCCc2ccccc21. The summed E-state index contributed by atoms with van der Waals surface area (Å²) in [6.45, 7) is 3.68. The van der Waals surface area contributed by atoms with Crippen molar-refractivity contribution in [3.63, 3.8) is 0 Å². The number of aliphatic hydroxyl groups is 1. The van der Waals surface area contributed by atoms with Gasteiger partial charge in [0.25, 0.3) is 0 Å². The van der Waals surface area contributed by atoms with Gasteiger partial charge < -0.3 is 5.11 Å². The van der Waals surface area contributed by atoms with Crippen LogP contribution in [0.5, 0.6) is 0 Å². The Morgan fingerprint density at radius 1 is 1.44 bits per heavy atom. The Morgan fingerprint density at radius 3 is 3.06 bits per heavy atom. The molecule has 1 aliphatic rings. The Hall–Kier alpha value is -1.08. The van der Waals surface area contributed by atoms with Gasteiger partial charge in [0.1, 0.15) is 0 Å². The highest BCUT2D eigenvalue weighted by atomic mass is 16.3. The molecule has 0 spiro atoms. The minimum absolute atomic E-state index is 0.228. The molecule has 2 unspecified atom stereocenters. The van der Waals surface area contributed by atoms with E-state index in [9.17, 15) is 5.11 Å². The van der Waals surface area contributed by atoms with Crippen LogP contribution in [0.4, 0.5) is 0 Å². The summed E-state index contributed by atoms with van der Waals surface area (Å²) in [5.41, 5.74) is 2.93. The molecular formula is C15H20O. The van der Waals surface area contributed by atoms with E-state index in [4.69, 9.17) is 0 Å². The van der Waals surface area contributed by atoms with Crippen molar-refractivity contribution in [2.75, 3.05) is 0 Å². The monoisotopic (exact) mass is 216 g/mol. The summed E-state index contributed by atoms with van der Waals surface area (Å²) in [7, 11) is 0. The van der Waals surface area contributed by atoms with Gasteiger partial charge in [-0.05, 0) is 49.1 Å². The maximum absolute atomic E-state index is 9.86. The lowest BCUT2D eigenvalue weighted by molar-refractivity contribution is 0.155. The molecule has 0 fully saturated rings. The maximum atomic E-state index is 9.86. The zero-order valence-corrected chi connectivity index (χ0v) is 9.73. The van der Waals surface area contributed by atoms with Crippen LogP contribution in [0.3, 0.4) is 0 Å². The van der Waals surface area contributed by atoms with E-state index in [0.29, 0.717) is 12.3 Å². The van der Waals surface area contributed by atoms with Crippen molar-refractivity contribution in [3.05, 3.63) is 48.0 Å². The lowest BCUT2D eigenvalue weighted by atomic mass is 9.80. The van der Waals surface area contributed by atoms with E-state index in [1.807, 2.05) is 0 Å². The predicted octanol–water partition coefficient (Wildman–Crippen LogP) is 3.43. The molecular weight excluding hydrogens is 196 g/mol. The van der Waals surface area contributed by atoms with Gasteiger partial charge in [-0.1, -0.05) is 30.3 Å². The Balaban J connectivity index is 2.09. The second-order valence-electron chi connectivity index (χ2n) is 4.70. The molecule has 0 saturated carbocycles. The molecule has 2 atom stereocenters. The summed E-state index contributed by atoms with van der Waals surface area (Å²) in [5, 5.41) is 9.86. The second kappa shape index (κ2) is 5.31. The van der Waals surface area contributed by atoms with Crippen molar-refractivity contribution in [1.82, 2.24) is 0 Å². The minimum Gasteiger partial charge on any atom is -0.393 e. The number of benzene rings is 1. The summed E-state index contributed by atoms with van der Waals surface area (Å²) >= 11 is 0. The van der Waals surface area contributed by atoms with E-state index < -0.39 is 0 Å². The molecule has 1 aliphatic carbocycles. The summed E-state index contributed by atoms with van der Waals surface area (Å²) in [6.07, 6.45) is 6.83. The molecule has 0 aromatic heterocycles. The van der Waals surface area contributed by atoms with E-state index in [-0.39, 0.29) is 6.10 Å². The van der Waals surface area contributed by atoms with Gasteiger partial charge in [0.15, 0.2) is 0 Å². The Bertz CT molecular complexity index is 356. The largest absolute Gasteiger partial charge is 0.393 e. The second-order valence-corrected chi connectivity index (χ2v) is 4.70. The highest BCUT2D eigenvalue weighted by molar-refractivity contribution is 5.32. The molecule has 1 nitrogen and oxygen atoms in total. The molecule has 1 aromatic carbocycles. The van der Waals surface area contributed by atoms with Crippen LogP contribution in [-0.4, -0.2) is 11.2 Å². The van der Waals surface area contributed by atoms with Gasteiger partial charge in [-0.15, -0.1) is 6.58 Å². The van der Waals surface area contributed by atoms with E-state index in [0.717, 1.165) is 6.42 Å². The molecule has 1 aromatic rings. The van der Waals surface area contributed by atoms with Crippen molar-refractivity contribution < 1.29 is 5.11 Å². The molecule has 0 radical (unpaired) electrons. The quantitative estimate of drug-likeness (QED) is 0.764. The molecule has 16 heavy (non-hydrogen) atoms. The Kier molecular flexibility index (Phi) is 3.79. The number of aliphatic hydroxyl groups excluding tert-OH is 1. The lowest BCUT2D eigenvalue weighted by Gasteiger charge is -2.27. The van der Waals surface area contributed by atoms with Gasteiger partial charge in [0.05, 0.1) is 6.10 Å². The average Bonchev–Trinajstić information content (AvgIpc) is 2.30. The van der Waals surface area contributed by atoms with Gasteiger partial charge in [0.2, 0.25) is 0 Å². The summed E-state index contributed by atoms with van der Waals surface area (Å²) in [6, 6.07) is 8.67. The Labute approximate surface area is 97.8 Å². The minimum atomic E-state index is -0.228. The third-order valence-corrected chi connectivity index (χ3v) is 3.49. The van der Waals surface area contributed by atoms with E-state index in [1.165, 1.54) is 30.4 Å². The van der Waals surface area contributed by atoms with E-state index in [2.05, 4.69) is 30.8 Å². The number of hydrogen-bond acceptors (Lipinski definition) is 1. The highest BCUT2D eigenvalue weighted by Crippen LogP contribution is 2.34. The van der Waals surface area contributed by atoms with Crippen LogP contribution in [0.1, 0.15) is 42.7 Å². The normalized spacial score (nSPS) is 21.2. The average molecular weight is 216 g/mol. The van der Waals surface area contributed by atoms with Crippen molar-refractivity contribution in [1.29, 1.82) is 0 Å². The number of rotatable bonds is 4. The fourth-order valence-electron chi connectivity index (χ4n) is 2.72. The predicted molar refractivity (Wildman–Crippen MR) is 67.6 cm³/mol. The fraction of sp³-hybridized carbons (Fsp3) is 0.467. The molecule has 2 rings (SSSR count). The number of fused-ring (bicyclic) bond motifs is 1. The topological polar surface area (TPSA) is 20.2 Å². The zero-order valence-electron chi connectivity index (χ0n) is 9.73. The van der Waals surface area contributed by atoms with Crippen molar-refractivity contribution in [2.45, 2.75) is 44.1 Å². The smallest absolute Gasteiger partial charge is 0.0580 e. The molecule has 0 amide bonds. The first kappa shape index (κ1) is 11.4. The number of hydrogen-bond donors (Lipinski definition) is 1. The lowest BCUT2D eigenvalue weighted by Crippen LogP contribution is -2.16. The van der Waals surface area contributed by atoms with Crippen LogP contribution >= 0.6 is 0 Å². The molecule has 0 aliphatic heterocycles. The third-order valence-electron chi connectivity index (χ3n) is 3.49. The van der Waals surface area contributed by atoms with Crippen LogP contribution in [-0.2, 0) is 6.42 Å². The molecule has 0 heterocycles. The van der Waals surface area contributed by atoms with Gasteiger partial charge in [-0.25, -0.2) is 0 Å². The molecule has 1 N–H and O–H groups in total. The van der Waals surface area contributed by atoms with Crippen LogP contribution in [0.25, 0.3) is 0 Å². The first-order valence-corrected chi connectivity index (χ1v) is 6.18. The van der Waals surface area contributed by atoms with E-state index >= 15 is 0 Å². The molecule has 86 valence electrons. The zero-order chi connectivity index (χ0) is 11.4. The van der Waals surface area contributed by atoms with Crippen LogP contribution in [0, 0.1) is 0 Å². The summed E-state index contributed by atoms with van der Waals surface area (Å²) < 4.78 is 0. The van der Waals surface area contributed by atoms with Crippen molar-refractivity contribution >= 4 is 0 Å². The maximum Gasteiger partial charge on any atom is 0.0580 e. The summed E-state index contributed by atoms with van der Waals surface area (Å²) in [4.78, 5) is 0. The van der Waals surface area contributed by atoms with E-state index in [1.54, 1.807) is 6.08 Å². The number of aryl methyl sites for hydroxylation is 1. The summed E-state index contributed by atoms with van der Waals surface area (Å²) in [5.74, 6) is 0.542. The van der Waals surface area contributed by atoms with Gasteiger partial charge in [-0.2, -0.15) is 0 Å². The molecule has 0 saturated heterocycles. The molecule has 1 heteroatoms. The molecule has 0 bridgehead atoms. The highest BCUT2D eigenvalue weighted by Gasteiger charge is 2.21. The Morgan fingerprint density at radius 2 is 2.25 bits per heavy atom. The van der Waals surface area contributed by atoms with Crippen molar-refractivity contribution in [3.8, 4) is 0 Å². The van der Waals surface area contributed by atoms with Crippen LogP contribution in [0.2, 0.25) is 0 Å².